The summed E-state index contributed by atoms with van der Waals surface area (Å²) in [5, 5.41) is 3.75. The summed E-state index contributed by atoms with van der Waals surface area (Å²) in [6.07, 6.45) is 2.22. The molecule has 0 saturated carbocycles. The van der Waals surface area contributed by atoms with Gasteiger partial charge in [0.05, 0.1) is 26.4 Å². The number of ether oxygens (including phenoxy) is 3. The molecule has 0 unspecified atom stereocenters. The summed E-state index contributed by atoms with van der Waals surface area (Å²) in [4.78, 5) is 0. The quantitative estimate of drug-likeness (QED) is 0.889. The first kappa shape index (κ1) is 16.3. The number of anilines is 1. The van der Waals surface area contributed by atoms with Crippen LogP contribution in [0.3, 0.4) is 0 Å². The van der Waals surface area contributed by atoms with Gasteiger partial charge in [-0.1, -0.05) is 19.1 Å². The van der Waals surface area contributed by atoms with Crippen molar-refractivity contribution in [1.29, 1.82) is 0 Å². The van der Waals surface area contributed by atoms with E-state index in [1.54, 1.807) is 14.2 Å². The molecule has 2 aromatic carbocycles. The highest BCUT2D eigenvalue weighted by molar-refractivity contribution is 5.60. The number of rotatable bonds is 4. The number of benzene rings is 2. The van der Waals surface area contributed by atoms with Gasteiger partial charge in [-0.3, -0.25) is 0 Å². The fourth-order valence-electron chi connectivity index (χ4n) is 4.13. The van der Waals surface area contributed by atoms with Crippen molar-refractivity contribution in [3.8, 4) is 11.5 Å². The first-order valence-corrected chi connectivity index (χ1v) is 8.98. The van der Waals surface area contributed by atoms with Gasteiger partial charge in [-0.15, -0.1) is 0 Å². The van der Waals surface area contributed by atoms with Gasteiger partial charge < -0.3 is 19.5 Å². The molecule has 25 heavy (non-hydrogen) atoms. The molecule has 0 bridgehead atoms. The molecular formula is C21H25NO3. The maximum absolute atomic E-state index is 6.15. The van der Waals surface area contributed by atoms with E-state index in [1.165, 1.54) is 11.1 Å². The van der Waals surface area contributed by atoms with Crippen molar-refractivity contribution in [2.45, 2.75) is 31.9 Å². The molecule has 0 radical (unpaired) electrons. The molecule has 1 N–H and O–H groups in total. The minimum atomic E-state index is 0.142. The number of hydrogen-bond donors (Lipinski definition) is 1. The summed E-state index contributed by atoms with van der Waals surface area (Å²) < 4.78 is 17.2. The first-order chi connectivity index (χ1) is 12.2. The highest BCUT2D eigenvalue weighted by Gasteiger charge is 2.42. The van der Waals surface area contributed by atoms with Crippen LogP contribution in [0.1, 0.15) is 42.2 Å². The SMILES string of the molecule is CCc1ccc2c(c1)[C@H]1OCC[C@H]1[C@@H](c1cc(OC)ccc1OC)N2. The summed E-state index contributed by atoms with van der Waals surface area (Å²) in [5.41, 5.74) is 4.94. The van der Waals surface area contributed by atoms with Crippen molar-refractivity contribution < 1.29 is 14.2 Å². The van der Waals surface area contributed by atoms with Gasteiger partial charge in [0.15, 0.2) is 0 Å². The molecule has 4 rings (SSSR count). The fraction of sp³-hybridized carbons (Fsp3) is 0.429. The van der Waals surface area contributed by atoms with Crippen molar-refractivity contribution in [3.05, 3.63) is 53.1 Å². The Balaban J connectivity index is 1.79. The lowest BCUT2D eigenvalue weighted by molar-refractivity contribution is 0.0826. The number of aryl methyl sites for hydroxylation is 1. The molecular weight excluding hydrogens is 314 g/mol. The molecule has 0 aromatic heterocycles. The van der Waals surface area contributed by atoms with Gasteiger partial charge in [-0.2, -0.15) is 0 Å². The van der Waals surface area contributed by atoms with E-state index in [0.717, 1.165) is 42.2 Å². The predicted octanol–water partition coefficient (Wildman–Crippen LogP) is 4.51. The molecule has 0 aliphatic carbocycles. The number of fused-ring (bicyclic) bond motifs is 3. The summed E-state index contributed by atoms with van der Waals surface area (Å²) in [6.45, 7) is 2.99. The summed E-state index contributed by atoms with van der Waals surface area (Å²) in [5.74, 6) is 2.12. The van der Waals surface area contributed by atoms with Crippen LogP contribution in [0, 0.1) is 5.92 Å². The van der Waals surface area contributed by atoms with Crippen molar-refractivity contribution in [2.24, 2.45) is 5.92 Å². The van der Waals surface area contributed by atoms with E-state index in [0.29, 0.717) is 5.92 Å². The van der Waals surface area contributed by atoms with Crippen LogP contribution in [0.2, 0.25) is 0 Å². The van der Waals surface area contributed by atoms with Gasteiger partial charge in [0.25, 0.3) is 0 Å². The van der Waals surface area contributed by atoms with Crippen LogP contribution in [0.5, 0.6) is 11.5 Å². The Hall–Kier alpha value is -2.20. The second-order valence-electron chi connectivity index (χ2n) is 6.75. The van der Waals surface area contributed by atoms with Crippen LogP contribution in [0.25, 0.3) is 0 Å². The molecule has 0 spiro atoms. The van der Waals surface area contributed by atoms with E-state index < -0.39 is 0 Å². The molecule has 132 valence electrons. The average molecular weight is 339 g/mol. The van der Waals surface area contributed by atoms with Gasteiger partial charge >= 0.3 is 0 Å². The minimum Gasteiger partial charge on any atom is -0.497 e. The standard InChI is InChI=1S/C21H25NO3/c1-4-13-5-7-18-16(11-13)21-15(9-10-25-21)20(22-18)17-12-14(23-2)6-8-19(17)24-3/h5-8,11-12,15,20-22H,4,9-10H2,1-3H3/t15-,20-,21-/m0/s1. The van der Waals surface area contributed by atoms with E-state index in [2.05, 4.69) is 36.5 Å². The fourth-order valence-corrected chi connectivity index (χ4v) is 4.13. The van der Waals surface area contributed by atoms with Gasteiger partial charge in [0.1, 0.15) is 11.5 Å². The van der Waals surface area contributed by atoms with Crippen LogP contribution in [0.15, 0.2) is 36.4 Å². The summed E-state index contributed by atoms with van der Waals surface area (Å²) >= 11 is 0. The minimum absolute atomic E-state index is 0.142. The predicted molar refractivity (Wildman–Crippen MR) is 98.5 cm³/mol. The second kappa shape index (κ2) is 6.60. The van der Waals surface area contributed by atoms with Gasteiger partial charge in [-0.05, 0) is 42.7 Å². The Morgan fingerprint density at radius 1 is 1.08 bits per heavy atom. The van der Waals surface area contributed by atoms with E-state index in [9.17, 15) is 0 Å². The van der Waals surface area contributed by atoms with Crippen molar-refractivity contribution >= 4 is 5.69 Å². The van der Waals surface area contributed by atoms with Crippen molar-refractivity contribution in [3.63, 3.8) is 0 Å². The number of hydrogen-bond acceptors (Lipinski definition) is 4. The molecule has 2 aliphatic heterocycles. The smallest absolute Gasteiger partial charge is 0.124 e. The maximum atomic E-state index is 6.15. The highest BCUT2D eigenvalue weighted by atomic mass is 16.5. The lowest BCUT2D eigenvalue weighted by atomic mass is 9.80. The Morgan fingerprint density at radius 3 is 2.72 bits per heavy atom. The van der Waals surface area contributed by atoms with Crippen molar-refractivity contribution in [1.82, 2.24) is 0 Å². The third-order valence-electron chi connectivity index (χ3n) is 5.48. The van der Waals surface area contributed by atoms with Crippen LogP contribution >= 0.6 is 0 Å². The monoisotopic (exact) mass is 339 g/mol. The maximum Gasteiger partial charge on any atom is 0.124 e. The van der Waals surface area contributed by atoms with E-state index in [4.69, 9.17) is 14.2 Å². The normalized spacial score (nSPS) is 24.2. The Kier molecular flexibility index (Phi) is 4.30. The Morgan fingerprint density at radius 2 is 1.96 bits per heavy atom. The highest BCUT2D eigenvalue weighted by Crippen LogP contribution is 2.51. The van der Waals surface area contributed by atoms with Crippen LogP contribution in [0.4, 0.5) is 5.69 Å². The Bertz CT molecular complexity index is 774. The molecule has 0 amide bonds. The van der Waals surface area contributed by atoms with Crippen molar-refractivity contribution in [2.75, 3.05) is 26.1 Å². The zero-order chi connectivity index (χ0) is 17.4. The molecule has 2 aromatic rings. The molecule has 2 aliphatic rings. The lowest BCUT2D eigenvalue weighted by Gasteiger charge is -2.37. The molecule has 1 saturated heterocycles. The van der Waals surface area contributed by atoms with Crippen LogP contribution in [-0.2, 0) is 11.2 Å². The zero-order valence-corrected chi connectivity index (χ0v) is 15.0. The van der Waals surface area contributed by atoms with E-state index in [-0.39, 0.29) is 12.1 Å². The van der Waals surface area contributed by atoms with Crippen LogP contribution in [-0.4, -0.2) is 20.8 Å². The molecule has 4 heteroatoms. The average Bonchev–Trinajstić information content (AvgIpc) is 3.16. The molecule has 2 heterocycles. The van der Waals surface area contributed by atoms with E-state index >= 15 is 0 Å². The third-order valence-corrected chi connectivity index (χ3v) is 5.48. The summed E-state index contributed by atoms with van der Waals surface area (Å²) in [6, 6.07) is 12.8. The molecule has 1 fully saturated rings. The van der Waals surface area contributed by atoms with Crippen LogP contribution < -0.4 is 14.8 Å². The largest absolute Gasteiger partial charge is 0.497 e. The Labute approximate surface area is 149 Å². The topological polar surface area (TPSA) is 39.7 Å². The third kappa shape index (κ3) is 2.74. The lowest BCUT2D eigenvalue weighted by Crippen LogP contribution is -2.29. The van der Waals surface area contributed by atoms with E-state index in [1.807, 2.05) is 12.1 Å². The number of methoxy groups -OCH3 is 2. The van der Waals surface area contributed by atoms with Gasteiger partial charge in [0.2, 0.25) is 0 Å². The van der Waals surface area contributed by atoms with Gasteiger partial charge in [0, 0.05) is 29.3 Å². The summed E-state index contributed by atoms with van der Waals surface area (Å²) in [7, 11) is 3.42. The second-order valence-corrected chi connectivity index (χ2v) is 6.75. The molecule has 3 atom stereocenters. The first-order valence-electron chi connectivity index (χ1n) is 8.98. The van der Waals surface area contributed by atoms with Gasteiger partial charge in [-0.25, -0.2) is 0 Å². The zero-order valence-electron chi connectivity index (χ0n) is 15.0. The number of nitrogens with one attached hydrogen (secondary N) is 1. The molecule has 4 nitrogen and oxygen atoms in total.